The number of fused-ring (bicyclic) bond motifs is 1. The van der Waals surface area contributed by atoms with Crippen molar-refractivity contribution in [1.29, 1.82) is 0 Å². The molecule has 3 rings (SSSR count). The second-order valence-corrected chi connectivity index (χ2v) is 4.78. The number of nitrogens with one attached hydrogen (secondary N) is 1. The third kappa shape index (κ3) is 2.03. The minimum Gasteiger partial charge on any atom is -0.373 e. The third-order valence-electron chi connectivity index (χ3n) is 3.56. The standard InChI is InChI=1S/C15H11F4N/c16-10-7-11(17)14(19)15(13(10)18)20-12-6-5-8-3-1-2-4-9(8)12/h1-4,7,12,20H,5-6H2. The molecule has 1 nitrogen and oxygen atoms in total. The van der Waals surface area contributed by atoms with Crippen LogP contribution in [0.2, 0.25) is 0 Å². The first-order valence-corrected chi connectivity index (χ1v) is 6.25. The molecule has 0 saturated carbocycles. The minimum absolute atomic E-state index is 0.207. The van der Waals surface area contributed by atoms with Crippen LogP contribution in [-0.4, -0.2) is 0 Å². The number of aryl methyl sites for hydroxylation is 1. The lowest BCUT2D eigenvalue weighted by atomic mass is 10.1. The maximum Gasteiger partial charge on any atom is 0.185 e. The number of anilines is 1. The van der Waals surface area contributed by atoms with Crippen LogP contribution in [0.3, 0.4) is 0 Å². The predicted octanol–water partition coefficient (Wildman–Crippen LogP) is 4.34. The van der Waals surface area contributed by atoms with Gasteiger partial charge in [-0.15, -0.1) is 0 Å². The summed E-state index contributed by atoms with van der Waals surface area (Å²) >= 11 is 0. The van der Waals surface area contributed by atoms with Crippen LogP contribution in [0.15, 0.2) is 30.3 Å². The van der Waals surface area contributed by atoms with Gasteiger partial charge in [-0.25, -0.2) is 17.6 Å². The molecule has 0 heterocycles. The van der Waals surface area contributed by atoms with Gasteiger partial charge in [-0.05, 0) is 24.0 Å². The smallest absolute Gasteiger partial charge is 0.185 e. The van der Waals surface area contributed by atoms with E-state index in [0.29, 0.717) is 6.42 Å². The van der Waals surface area contributed by atoms with Crippen LogP contribution >= 0.6 is 0 Å². The Hall–Kier alpha value is -2.04. The maximum absolute atomic E-state index is 13.6. The molecule has 0 bridgehead atoms. The second kappa shape index (κ2) is 4.81. The highest BCUT2D eigenvalue weighted by Crippen LogP contribution is 2.35. The van der Waals surface area contributed by atoms with Gasteiger partial charge in [0.2, 0.25) is 0 Å². The van der Waals surface area contributed by atoms with Crippen LogP contribution in [0.1, 0.15) is 23.6 Å². The lowest BCUT2D eigenvalue weighted by Crippen LogP contribution is -2.12. The topological polar surface area (TPSA) is 12.0 Å². The third-order valence-corrected chi connectivity index (χ3v) is 3.56. The van der Waals surface area contributed by atoms with E-state index < -0.39 is 29.0 Å². The van der Waals surface area contributed by atoms with Crippen molar-refractivity contribution in [3.05, 3.63) is 64.7 Å². The van der Waals surface area contributed by atoms with Gasteiger partial charge in [0.15, 0.2) is 23.3 Å². The molecule has 20 heavy (non-hydrogen) atoms. The van der Waals surface area contributed by atoms with E-state index in [0.717, 1.165) is 17.5 Å². The first kappa shape index (κ1) is 13.0. The Morgan fingerprint density at radius 3 is 2.30 bits per heavy atom. The molecular formula is C15H11F4N. The number of hydrogen-bond acceptors (Lipinski definition) is 1. The first-order valence-electron chi connectivity index (χ1n) is 6.25. The molecule has 0 fully saturated rings. The van der Waals surface area contributed by atoms with E-state index in [1.807, 2.05) is 24.3 Å². The highest BCUT2D eigenvalue weighted by atomic mass is 19.2. The molecule has 5 heteroatoms. The van der Waals surface area contributed by atoms with Crippen LogP contribution in [0.25, 0.3) is 0 Å². The molecule has 0 aromatic heterocycles. The monoisotopic (exact) mass is 281 g/mol. The Kier molecular flexibility index (Phi) is 3.12. The molecule has 1 aliphatic rings. The molecule has 1 aliphatic carbocycles. The SMILES string of the molecule is Fc1cc(F)c(F)c(NC2CCc3ccccc32)c1F. The van der Waals surface area contributed by atoms with Gasteiger partial charge >= 0.3 is 0 Å². The fourth-order valence-electron chi connectivity index (χ4n) is 2.58. The quantitative estimate of drug-likeness (QED) is 0.637. The van der Waals surface area contributed by atoms with Gasteiger partial charge in [0.1, 0.15) is 5.69 Å². The highest BCUT2D eigenvalue weighted by molar-refractivity contribution is 5.51. The van der Waals surface area contributed by atoms with Crippen molar-refractivity contribution < 1.29 is 17.6 Å². The van der Waals surface area contributed by atoms with E-state index in [2.05, 4.69) is 5.32 Å². The van der Waals surface area contributed by atoms with Crippen molar-refractivity contribution in [2.45, 2.75) is 18.9 Å². The molecular weight excluding hydrogens is 270 g/mol. The van der Waals surface area contributed by atoms with Crippen molar-refractivity contribution in [3.63, 3.8) is 0 Å². The van der Waals surface area contributed by atoms with Crippen LogP contribution in [-0.2, 0) is 6.42 Å². The zero-order chi connectivity index (χ0) is 14.3. The lowest BCUT2D eigenvalue weighted by Gasteiger charge is -2.17. The van der Waals surface area contributed by atoms with Gasteiger partial charge in [-0.3, -0.25) is 0 Å². The molecule has 0 amide bonds. The summed E-state index contributed by atoms with van der Waals surface area (Å²) in [6.45, 7) is 0. The highest BCUT2D eigenvalue weighted by Gasteiger charge is 2.26. The summed E-state index contributed by atoms with van der Waals surface area (Å²) in [6.07, 6.45) is 1.38. The van der Waals surface area contributed by atoms with Gasteiger partial charge in [0.25, 0.3) is 0 Å². The molecule has 0 spiro atoms. The zero-order valence-electron chi connectivity index (χ0n) is 10.4. The number of halogens is 4. The van der Waals surface area contributed by atoms with Crippen molar-refractivity contribution in [2.75, 3.05) is 5.32 Å². The minimum atomic E-state index is -1.40. The molecule has 0 aliphatic heterocycles. The van der Waals surface area contributed by atoms with Crippen molar-refractivity contribution in [2.24, 2.45) is 0 Å². The Bertz CT molecular complexity index is 643. The molecule has 1 N–H and O–H groups in total. The Morgan fingerprint density at radius 1 is 0.950 bits per heavy atom. The summed E-state index contributed by atoms with van der Waals surface area (Å²) in [7, 11) is 0. The summed E-state index contributed by atoms with van der Waals surface area (Å²) < 4.78 is 53.6. The largest absolute Gasteiger partial charge is 0.373 e. The Morgan fingerprint density at radius 2 is 1.60 bits per heavy atom. The van der Waals surface area contributed by atoms with E-state index in [1.165, 1.54) is 0 Å². The number of hydrogen-bond donors (Lipinski definition) is 1. The van der Waals surface area contributed by atoms with Crippen LogP contribution in [0.4, 0.5) is 23.2 Å². The Labute approximate surface area is 113 Å². The summed E-state index contributed by atoms with van der Waals surface area (Å²) in [4.78, 5) is 0. The summed E-state index contributed by atoms with van der Waals surface area (Å²) in [5.74, 6) is -5.60. The van der Waals surface area contributed by atoms with Gasteiger partial charge in [0.05, 0.1) is 6.04 Å². The molecule has 104 valence electrons. The fourth-order valence-corrected chi connectivity index (χ4v) is 2.58. The molecule has 2 aromatic carbocycles. The second-order valence-electron chi connectivity index (χ2n) is 4.78. The summed E-state index contributed by atoms with van der Waals surface area (Å²) in [6, 6.07) is 7.32. The van der Waals surface area contributed by atoms with E-state index in [9.17, 15) is 17.6 Å². The fraction of sp³-hybridized carbons (Fsp3) is 0.200. The molecule has 1 unspecified atom stereocenters. The maximum atomic E-state index is 13.6. The van der Waals surface area contributed by atoms with Crippen molar-refractivity contribution in [1.82, 2.24) is 0 Å². The van der Waals surface area contributed by atoms with Gasteiger partial charge in [0, 0.05) is 6.07 Å². The van der Waals surface area contributed by atoms with E-state index in [1.54, 1.807) is 0 Å². The Balaban J connectivity index is 1.98. The lowest BCUT2D eigenvalue weighted by molar-refractivity contribution is 0.456. The van der Waals surface area contributed by atoms with Gasteiger partial charge in [-0.1, -0.05) is 24.3 Å². The molecule has 1 atom stereocenters. The van der Waals surface area contributed by atoms with Crippen LogP contribution in [0, 0.1) is 23.3 Å². The normalized spacial score (nSPS) is 17.1. The van der Waals surface area contributed by atoms with E-state index in [-0.39, 0.29) is 12.1 Å². The summed E-state index contributed by atoms with van der Waals surface area (Å²) in [5, 5.41) is 2.59. The predicted molar refractivity (Wildman–Crippen MR) is 67.4 cm³/mol. The first-order chi connectivity index (χ1) is 9.58. The van der Waals surface area contributed by atoms with Crippen LogP contribution < -0.4 is 5.32 Å². The van der Waals surface area contributed by atoms with Gasteiger partial charge in [-0.2, -0.15) is 0 Å². The average molecular weight is 281 g/mol. The van der Waals surface area contributed by atoms with E-state index in [4.69, 9.17) is 0 Å². The number of rotatable bonds is 2. The molecule has 2 aromatic rings. The average Bonchev–Trinajstić information content (AvgIpc) is 2.85. The zero-order valence-corrected chi connectivity index (χ0v) is 10.4. The molecule has 0 saturated heterocycles. The van der Waals surface area contributed by atoms with Crippen molar-refractivity contribution >= 4 is 5.69 Å². The van der Waals surface area contributed by atoms with Crippen LogP contribution in [0.5, 0.6) is 0 Å². The van der Waals surface area contributed by atoms with Gasteiger partial charge < -0.3 is 5.32 Å². The van der Waals surface area contributed by atoms with E-state index >= 15 is 0 Å². The number of benzene rings is 2. The van der Waals surface area contributed by atoms with Crippen molar-refractivity contribution in [3.8, 4) is 0 Å². The molecule has 0 radical (unpaired) electrons. The summed E-state index contributed by atoms with van der Waals surface area (Å²) in [5.41, 5.74) is 1.22.